The zero-order chi connectivity index (χ0) is 24.3. The summed E-state index contributed by atoms with van der Waals surface area (Å²) in [5, 5.41) is 14.7. The van der Waals surface area contributed by atoms with Gasteiger partial charge in [0, 0.05) is 35.3 Å². The number of hydrogen-bond donors (Lipinski definition) is 1. The highest BCUT2D eigenvalue weighted by molar-refractivity contribution is 7.98. The van der Waals surface area contributed by atoms with Crippen molar-refractivity contribution in [2.24, 2.45) is 0 Å². The predicted octanol–water partition coefficient (Wildman–Crippen LogP) is 6.10. The van der Waals surface area contributed by atoms with Crippen molar-refractivity contribution in [1.29, 1.82) is 0 Å². The van der Waals surface area contributed by atoms with Gasteiger partial charge < -0.3 is 5.32 Å². The van der Waals surface area contributed by atoms with Crippen LogP contribution >= 0.6 is 11.8 Å². The number of carbonyl (C=O) groups excluding carboxylic acids is 1. The molecule has 34 heavy (non-hydrogen) atoms. The summed E-state index contributed by atoms with van der Waals surface area (Å²) in [4.78, 5) is 31.2. The maximum Gasteiger partial charge on any atom is 0.423 e. The molecule has 0 spiro atoms. The van der Waals surface area contributed by atoms with E-state index in [-0.39, 0.29) is 11.3 Å². The van der Waals surface area contributed by atoms with E-state index in [2.05, 4.69) is 15.3 Å². The average Bonchev–Trinajstić information content (AvgIpc) is 2.82. The van der Waals surface area contributed by atoms with Crippen LogP contribution in [0.15, 0.2) is 78.1 Å². The van der Waals surface area contributed by atoms with Crippen LogP contribution in [-0.4, -0.2) is 20.8 Å². The lowest BCUT2D eigenvalue weighted by Crippen LogP contribution is -2.15. The molecule has 0 atom stereocenters. The molecule has 0 unspecified atom stereocenters. The van der Waals surface area contributed by atoms with Gasteiger partial charge in [0.25, 0.3) is 11.6 Å². The number of para-hydroxylation sites is 1. The van der Waals surface area contributed by atoms with Gasteiger partial charge >= 0.3 is 6.18 Å². The smallest absolute Gasteiger partial charge is 0.322 e. The molecule has 7 nitrogen and oxygen atoms in total. The summed E-state index contributed by atoms with van der Waals surface area (Å²) in [5.74, 6) is -0.201. The number of nitrogens with zero attached hydrogens (tertiary/aromatic N) is 3. The van der Waals surface area contributed by atoms with Gasteiger partial charge in [-0.3, -0.25) is 19.9 Å². The Morgan fingerprint density at radius 2 is 1.82 bits per heavy atom. The number of anilines is 1. The Balaban J connectivity index is 1.57. The Hall–Kier alpha value is -3.99. The number of halogens is 3. The summed E-state index contributed by atoms with van der Waals surface area (Å²) in [5.41, 5.74) is -0.773. The zero-order valence-electron chi connectivity index (χ0n) is 17.2. The van der Waals surface area contributed by atoms with Crippen LogP contribution in [0.5, 0.6) is 0 Å². The minimum absolute atomic E-state index is 0.165. The molecule has 0 radical (unpaired) electrons. The Morgan fingerprint density at radius 1 is 1.03 bits per heavy atom. The molecule has 1 N–H and O–H groups in total. The molecule has 2 aromatic heterocycles. The van der Waals surface area contributed by atoms with Crippen molar-refractivity contribution in [3.8, 4) is 0 Å². The molecule has 0 aliphatic rings. The van der Waals surface area contributed by atoms with Crippen LogP contribution in [0.3, 0.4) is 0 Å². The summed E-state index contributed by atoms with van der Waals surface area (Å²) < 4.78 is 39.8. The highest BCUT2D eigenvalue weighted by atomic mass is 32.2. The van der Waals surface area contributed by atoms with Crippen LogP contribution in [0.4, 0.5) is 24.5 Å². The average molecular weight is 484 g/mol. The van der Waals surface area contributed by atoms with E-state index in [1.807, 2.05) is 30.3 Å². The van der Waals surface area contributed by atoms with Crippen molar-refractivity contribution in [3.63, 3.8) is 0 Å². The minimum atomic E-state index is -4.95. The molecule has 0 aliphatic heterocycles. The van der Waals surface area contributed by atoms with Gasteiger partial charge in [-0.2, -0.15) is 13.2 Å². The van der Waals surface area contributed by atoms with Crippen LogP contribution in [0.1, 0.15) is 21.5 Å². The van der Waals surface area contributed by atoms with Gasteiger partial charge in [0.05, 0.1) is 16.0 Å². The number of nitro groups is 1. The Labute approximate surface area is 195 Å². The molecule has 4 aromatic rings. The first-order valence-corrected chi connectivity index (χ1v) is 10.8. The normalized spacial score (nSPS) is 11.4. The predicted molar refractivity (Wildman–Crippen MR) is 122 cm³/mol. The number of thioether (sulfide) groups is 1. The van der Waals surface area contributed by atoms with Gasteiger partial charge in [-0.1, -0.05) is 18.2 Å². The lowest BCUT2D eigenvalue weighted by molar-refractivity contribution is -0.388. The number of nitro benzene ring substituents is 1. The quantitative estimate of drug-likeness (QED) is 0.202. The van der Waals surface area contributed by atoms with E-state index in [0.29, 0.717) is 22.9 Å². The van der Waals surface area contributed by atoms with Crippen LogP contribution in [-0.2, 0) is 11.9 Å². The van der Waals surface area contributed by atoms with Crippen LogP contribution in [0, 0.1) is 10.1 Å². The highest BCUT2D eigenvalue weighted by Crippen LogP contribution is 2.37. The van der Waals surface area contributed by atoms with Crippen molar-refractivity contribution in [1.82, 2.24) is 9.97 Å². The first kappa shape index (κ1) is 23.2. The van der Waals surface area contributed by atoms with Gasteiger partial charge in [-0.15, -0.1) is 11.8 Å². The fraction of sp³-hybridized carbons (Fsp3) is 0.0870. The van der Waals surface area contributed by atoms with E-state index in [9.17, 15) is 28.1 Å². The van der Waals surface area contributed by atoms with E-state index < -0.39 is 28.3 Å². The summed E-state index contributed by atoms with van der Waals surface area (Å²) in [6.45, 7) is 0. The second-order valence-electron chi connectivity index (χ2n) is 7.07. The second-order valence-corrected chi connectivity index (χ2v) is 8.04. The fourth-order valence-electron chi connectivity index (χ4n) is 3.30. The van der Waals surface area contributed by atoms with Gasteiger partial charge in [0.1, 0.15) is 10.6 Å². The number of rotatable bonds is 6. The van der Waals surface area contributed by atoms with E-state index in [1.54, 1.807) is 6.20 Å². The van der Waals surface area contributed by atoms with Crippen molar-refractivity contribution in [2.75, 3.05) is 5.32 Å². The van der Waals surface area contributed by atoms with Crippen molar-refractivity contribution in [2.45, 2.75) is 17.0 Å². The molecule has 0 saturated carbocycles. The molecule has 11 heteroatoms. The molecule has 2 heterocycles. The number of hydrogen-bond acceptors (Lipinski definition) is 6. The SMILES string of the molecule is O=C(Nc1ccc([N+](=O)[O-])c(C(F)(F)F)c1)c1cccnc1SCc1ccnc2ccccc12. The molecule has 4 rings (SSSR count). The lowest BCUT2D eigenvalue weighted by Gasteiger charge is -2.12. The van der Waals surface area contributed by atoms with Crippen LogP contribution < -0.4 is 5.32 Å². The number of amides is 1. The molecular weight excluding hydrogens is 469 g/mol. The van der Waals surface area contributed by atoms with E-state index in [0.717, 1.165) is 22.5 Å². The van der Waals surface area contributed by atoms with E-state index >= 15 is 0 Å². The van der Waals surface area contributed by atoms with Crippen LogP contribution in [0.2, 0.25) is 0 Å². The number of pyridine rings is 2. The molecular formula is C23H15F3N4O3S. The largest absolute Gasteiger partial charge is 0.423 e. The number of benzene rings is 2. The van der Waals surface area contributed by atoms with E-state index in [1.165, 1.54) is 30.1 Å². The summed E-state index contributed by atoms with van der Waals surface area (Å²) in [7, 11) is 0. The third kappa shape index (κ3) is 4.99. The van der Waals surface area contributed by atoms with Gasteiger partial charge in [0.15, 0.2) is 0 Å². The van der Waals surface area contributed by atoms with Crippen molar-refractivity contribution >= 4 is 39.9 Å². The Bertz CT molecular complexity index is 1390. The second kappa shape index (κ2) is 9.48. The monoisotopic (exact) mass is 484 g/mol. The summed E-state index contributed by atoms with van der Waals surface area (Å²) >= 11 is 1.30. The maximum atomic E-state index is 13.3. The third-order valence-electron chi connectivity index (χ3n) is 4.88. The highest BCUT2D eigenvalue weighted by Gasteiger charge is 2.38. The van der Waals surface area contributed by atoms with E-state index in [4.69, 9.17) is 0 Å². The molecule has 0 fully saturated rings. The summed E-state index contributed by atoms with van der Waals surface area (Å²) in [6.07, 6.45) is -1.75. The molecule has 0 bridgehead atoms. The van der Waals surface area contributed by atoms with Crippen LogP contribution in [0.25, 0.3) is 10.9 Å². The molecule has 172 valence electrons. The maximum absolute atomic E-state index is 13.3. The van der Waals surface area contributed by atoms with Gasteiger partial charge in [0.2, 0.25) is 0 Å². The molecule has 0 saturated heterocycles. The third-order valence-corrected chi connectivity index (χ3v) is 5.93. The lowest BCUT2D eigenvalue weighted by atomic mass is 10.1. The fourth-order valence-corrected chi connectivity index (χ4v) is 4.30. The number of nitrogens with one attached hydrogen (secondary N) is 1. The first-order chi connectivity index (χ1) is 16.2. The van der Waals surface area contributed by atoms with Gasteiger partial charge in [-0.05, 0) is 42.0 Å². The topological polar surface area (TPSA) is 98.0 Å². The molecule has 2 aromatic carbocycles. The number of fused-ring (bicyclic) bond motifs is 1. The molecule has 0 aliphatic carbocycles. The Kier molecular flexibility index (Phi) is 6.46. The molecule has 1 amide bonds. The standard InChI is InChI=1S/C23H15F3N4O3S/c24-23(25,26)18-12-15(7-8-20(18)30(32)33)29-21(31)17-5-3-10-28-22(17)34-13-14-9-11-27-19-6-2-1-4-16(14)19/h1-12H,13H2,(H,29,31). The van der Waals surface area contributed by atoms with Gasteiger partial charge in [-0.25, -0.2) is 4.98 Å². The Morgan fingerprint density at radius 3 is 2.59 bits per heavy atom. The number of alkyl halides is 3. The minimum Gasteiger partial charge on any atom is -0.322 e. The number of carbonyl (C=O) groups is 1. The van der Waals surface area contributed by atoms with Crippen molar-refractivity contribution < 1.29 is 22.9 Å². The summed E-state index contributed by atoms with van der Waals surface area (Å²) in [6, 6.07) is 14.8. The van der Waals surface area contributed by atoms with Crippen molar-refractivity contribution in [3.05, 3.63) is 99.9 Å². The number of aromatic nitrogens is 2. The zero-order valence-corrected chi connectivity index (χ0v) is 18.1. The first-order valence-electron chi connectivity index (χ1n) is 9.81.